The predicted octanol–water partition coefficient (Wildman–Crippen LogP) is 16.5. The van der Waals surface area contributed by atoms with Crippen molar-refractivity contribution in [2.75, 3.05) is 0 Å². The van der Waals surface area contributed by atoms with Crippen LogP contribution in [0.4, 0.5) is 0 Å². The van der Waals surface area contributed by atoms with Crippen LogP contribution in [0, 0.1) is 0 Å². The molecule has 0 fully saturated rings. The zero-order valence-electron chi connectivity index (χ0n) is 32.7. The third kappa shape index (κ3) is 4.90. The van der Waals surface area contributed by atoms with Gasteiger partial charge < -0.3 is 0 Å². The molecule has 1 aromatic heterocycles. The first-order chi connectivity index (χ1) is 29.7. The number of benzene rings is 12. The normalized spacial score (nSPS) is 12.0. The van der Waals surface area contributed by atoms with Gasteiger partial charge >= 0.3 is 0 Å². The van der Waals surface area contributed by atoms with Crippen molar-refractivity contribution in [3.63, 3.8) is 0 Å². The Kier molecular flexibility index (Phi) is 7.08. The van der Waals surface area contributed by atoms with Gasteiger partial charge in [-0.2, -0.15) is 0 Å². The number of pyridine rings is 1. The maximum Gasteiger partial charge on any atom is 0.0715 e. The van der Waals surface area contributed by atoms with Gasteiger partial charge in [0.05, 0.1) is 11.4 Å². The second kappa shape index (κ2) is 12.8. The summed E-state index contributed by atoms with van der Waals surface area (Å²) in [4.78, 5) is 5.55. The monoisotopic (exact) mass is 757 g/mol. The molecule has 276 valence electrons. The number of hydrogen-bond acceptors (Lipinski definition) is 1. The highest BCUT2D eigenvalue weighted by Crippen LogP contribution is 2.42. The van der Waals surface area contributed by atoms with E-state index in [1.54, 1.807) is 0 Å². The van der Waals surface area contributed by atoms with Crippen LogP contribution in [0.5, 0.6) is 0 Å². The molecule has 0 spiro atoms. The molecule has 0 aliphatic heterocycles. The fraction of sp³-hybridized carbons (Fsp3) is 0. The smallest absolute Gasteiger partial charge is 0.0715 e. The third-order valence-corrected chi connectivity index (χ3v) is 13.0. The van der Waals surface area contributed by atoms with Crippen LogP contribution in [0.25, 0.3) is 131 Å². The Morgan fingerprint density at radius 1 is 0.167 bits per heavy atom. The van der Waals surface area contributed by atoms with Crippen molar-refractivity contribution in [2.45, 2.75) is 0 Å². The van der Waals surface area contributed by atoms with Gasteiger partial charge in [-0.1, -0.05) is 182 Å². The van der Waals surface area contributed by atoms with E-state index in [-0.39, 0.29) is 0 Å². The lowest BCUT2D eigenvalue weighted by Crippen LogP contribution is -1.93. The molecule has 0 saturated heterocycles. The predicted molar refractivity (Wildman–Crippen MR) is 258 cm³/mol. The molecule has 0 amide bonds. The van der Waals surface area contributed by atoms with Crippen LogP contribution < -0.4 is 0 Å². The quantitative estimate of drug-likeness (QED) is 0.164. The summed E-state index contributed by atoms with van der Waals surface area (Å²) in [7, 11) is 0. The van der Waals surface area contributed by atoms with E-state index in [0.29, 0.717) is 0 Å². The lowest BCUT2D eigenvalue weighted by atomic mass is 9.90. The standard InChI is InChI=1S/C59H35N/c1-4-19-46-40(13-1)43-16-7-10-22-49(43)55-31-36(25-28-52(46)55)39-34-58(37-26-29-53-47-20-5-2-14-41(47)44-17-8-11-23-50(44)56(53)32-37)60-59(35-39)38-27-30-54-48-21-6-3-15-42(48)45-18-9-12-24-51(45)57(54)33-38/h1-35H. The molecule has 0 bridgehead atoms. The van der Waals surface area contributed by atoms with Gasteiger partial charge in [0.1, 0.15) is 0 Å². The molecule has 12 aromatic carbocycles. The van der Waals surface area contributed by atoms with Crippen LogP contribution in [0.2, 0.25) is 0 Å². The molecule has 13 aromatic rings. The first kappa shape index (κ1) is 33.1. The van der Waals surface area contributed by atoms with Crippen LogP contribution in [0.1, 0.15) is 0 Å². The van der Waals surface area contributed by atoms with Crippen molar-refractivity contribution >= 4 is 97.0 Å². The molecule has 60 heavy (non-hydrogen) atoms. The summed E-state index contributed by atoms with van der Waals surface area (Å²) in [5.41, 5.74) is 6.41. The van der Waals surface area contributed by atoms with Gasteiger partial charge in [0, 0.05) is 11.1 Å². The van der Waals surface area contributed by atoms with Crippen molar-refractivity contribution < 1.29 is 0 Å². The van der Waals surface area contributed by atoms with Crippen LogP contribution in [0.15, 0.2) is 212 Å². The molecule has 0 N–H and O–H groups in total. The molecule has 1 nitrogen and oxygen atoms in total. The van der Waals surface area contributed by atoms with Crippen LogP contribution in [-0.4, -0.2) is 4.98 Å². The van der Waals surface area contributed by atoms with Crippen LogP contribution in [0.3, 0.4) is 0 Å². The van der Waals surface area contributed by atoms with Crippen molar-refractivity contribution in [1.29, 1.82) is 0 Å². The second-order valence-corrected chi connectivity index (χ2v) is 16.2. The van der Waals surface area contributed by atoms with Gasteiger partial charge in [-0.3, -0.25) is 0 Å². The maximum atomic E-state index is 5.55. The molecule has 0 radical (unpaired) electrons. The van der Waals surface area contributed by atoms with E-state index in [9.17, 15) is 0 Å². The van der Waals surface area contributed by atoms with Gasteiger partial charge in [-0.05, 0) is 138 Å². The molecule has 1 heteroatoms. The molecule has 0 aliphatic carbocycles. The van der Waals surface area contributed by atoms with Gasteiger partial charge in [0.25, 0.3) is 0 Å². The number of fused-ring (bicyclic) bond motifs is 18. The number of aromatic nitrogens is 1. The fourth-order valence-electron chi connectivity index (χ4n) is 10.2. The minimum atomic E-state index is 0.952. The van der Waals surface area contributed by atoms with E-state index in [0.717, 1.165) is 28.1 Å². The summed E-state index contributed by atoms with van der Waals surface area (Å²) < 4.78 is 0. The van der Waals surface area contributed by atoms with Crippen molar-refractivity contribution in [3.8, 4) is 33.6 Å². The van der Waals surface area contributed by atoms with E-state index in [1.165, 1.54) is 103 Å². The average Bonchev–Trinajstić information content (AvgIpc) is 3.33. The summed E-state index contributed by atoms with van der Waals surface area (Å²) >= 11 is 0. The zero-order chi connectivity index (χ0) is 39.3. The van der Waals surface area contributed by atoms with Crippen molar-refractivity contribution in [1.82, 2.24) is 4.98 Å². The summed E-state index contributed by atoms with van der Waals surface area (Å²) in [6.07, 6.45) is 0. The van der Waals surface area contributed by atoms with E-state index in [1.807, 2.05) is 0 Å². The minimum Gasteiger partial charge on any atom is -0.248 e. The Bertz CT molecular complexity index is 3420. The molecular weight excluding hydrogens is 723 g/mol. The molecule has 1 heterocycles. The second-order valence-electron chi connectivity index (χ2n) is 16.2. The number of rotatable bonds is 3. The van der Waals surface area contributed by atoms with E-state index in [4.69, 9.17) is 4.98 Å². The SMILES string of the molecule is c1ccc2c(c1)c1ccccc1c1cc(-c3cc(-c4ccc5c6ccccc6c6ccccc6c5c4)nc(-c4ccc5c6ccccc6c6ccccc6c5c4)c3)ccc21. The topological polar surface area (TPSA) is 12.9 Å². The molecule has 0 atom stereocenters. The van der Waals surface area contributed by atoms with Crippen LogP contribution in [-0.2, 0) is 0 Å². The Morgan fingerprint density at radius 3 is 0.667 bits per heavy atom. The largest absolute Gasteiger partial charge is 0.248 e. The highest BCUT2D eigenvalue weighted by Gasteiger charge is 2.16. The van der Waals surface area contributed by atoms with E-state index < -0.39 is 0 Å². The van der Waals surface area contributed by atoms with Gasteiger partial charge in [-0.25, -0.2) is 4.98 Å². The molecule has 0 unspecified atom stereocenters. The number of hydrogen-bond donors (Lipinski definition) is 0. The zero-order valence-corrected chi connectivity index (χ0v) is 32.7. The average molecular weight is 758 g/mol. The summed E-state index contributed by atoms with van der Waals surface area (Å²) in [6.45, 7) is 0. The summed E-state index contributed by atoms with van der Waals surface area (Å²) in [6, 6.07) is 78.3. The Balaban J connectivity index is 1.08. The van der Waals surface area contributed by atoms with Crippen molar-refractivity contribution in [2.24, 2.45) is 0 Å². The van der Waals surface area contributed by atoms with E-state index in [2.05, 4.69) is 212 Å². The Morgan fingerprint density at radius 2 is 0.383 bits per heavy atom. The molecule has 0 aliphatic rings. The molecule has 0 saturated carbocycles. The molecule has 13 rings (SSSR count). The number of nitrogens with zero attached hydrogens (tertiary/aromatic N) is 1. The lowest BCUT2D eigenvalue weighted by molar-refractivity contribution is 1.33. The summed E-state index contributed by atoms with van der Waals surface area (Å²) in [5, 5.41) is 22.8. The minimum absolute atomic E-state index is 0.952. The highest BCUT2D eigenvalue weighted by molar-refractivity contribution is 6.28. The van der Waals surface area contributed by atoms with Gasteiger partial charge in [0.15, 0.2) is 0 Å². The summed E-state index contributed by atoms with van der Waals surface area (Å²) in [5.74, 6) is 0. The van der Waals surface area contributed by atoms with Gasteiger partial charge in [0.2, 0.25) is 0 Å². The third-order valence-electron chi connectivity index (χ3n) is 13.0. The highest BCUT2D eigenvalue weighted by atomic mass is 14.7. The molecular formula is C59H35N. The van der Waals surface area contributed by atoms with Crippen LogP contribution >= 0.6 is 0 Å². The fourth-order valence-corrected chi connectivity index (χ4v) is 10.2. The Labute approximate surface area is 346 Å². The van der Waals surface area contributed by atoms with E-state index >= 15 is 0 Å². The Hall–Kier alpha value is -7.87. The first-order valence-corrected chi connectivity index (χ1v) is 20.8. The van der Waals surface area contributed by atoms with Crippen molar-refractivity contribution in [3.05, 3.63) is 212 Å². The maximum absolute atomic E-state index is 5.55. The first-order valence-electron chi connectivity index (χ1n) is 20.8. The van der Waals surface area contributed by atoms with Gasteiger partial charge in [-0.15, -0.1) is 0 Å². The lowest BCUT2D eigenvalue weighted by Gasteiger charge is -2.15.